The fraction of sp³-hybridized carbons (Fsp3) is 0.579. The van der Waals surface area contributed by atoms with Crippen LogP contribution < -0.4 is 4.74 Å². The number of halogens is 3. The fourth-order valence-electron chi connectivity index (χ4n) is 3.67. The Morgan fingerprint density at radius 3 is 2.61 bits per heavy atom. The standard InChI is InChI=1S/C17H22N4O3.C2HF3O2/c1-12-15(13(2)24-20-12)9-21-7-4-17(11-21)8-14(10-22-17)23-16-18-5-3-6-19-16;3-2(4,5)1(6)7/h3,5-6,14H,4,7-11H2,1-2H3;(H,6,7). The lowest BCUT2D eigenvalue weighted by atomic mass is 9.98. The highest BCUT2D eigenvalue weighted by molar-refractivity contribution is 5.73. The summed E-state index contributed by atoms with van der Waals surface area (Å²) >= 11 is 0. The van der Waals surface area contributed by atoms with E-state index in [0.29, 0.717) is 12.6 Å². The summed E-state index contributed by atoms with van der Waals surface area (Å²) in [7, 11) is 0. The lowest BCUT2D eigenvalue weighted by molar-refractivity contribution is -0.192. The quantitative estimate of drug-likeness (QED) is 0.760. The van der Waals surface area contributed by atoms with Crippen LogP contribution in [0.4, 0.5) is 13.2 Å². The molecule has 2 aromatic rings. The molecule has 31 heavy (non-hydrogen) atoms. The molecular formula is C19H23F3N4O5. The Labute approximate surface area is 176 Å². The highest BCUT2D eigenvalue weighted by Gasteiger charge is 2.46. The van der Waals surface area contributed by atoms with E-state index < -0.39 is 12.1 Å². The van der Waals surface area contributed by atoms with E-state index in [1.54, 1.807) is 18.5 Å². The molecule has 0 aliphatic carbocycles. The van der Waals surface area contributed by atoms with Crippen LogP contribution in [0.2, 0.25) is 0 Å². The van der Waals surface area contributed by atoms with Crippen molar-refractivity contribution in [2.75, 3.05) is 19.7 Å². The van der Waals surface area contributed by atoms with Gasteiger partial charge in [-0.15, -0.1) is 0 Å². The average Bonchev–Trinajstić information content (AvgIpc) is 3.38. The third-order valence-electron chi connectivity index (χ3n) is 5.19. The second kappa shape index (κ2) is 9.18. The van der Waals surface area contributed by atoms with Crippen LogP contribution in [0.3, 0.4) is 0 Å². The van der Waals surface area contributed by atoms with Crippen molar-refractivity contribution >= 4 is 5.97 Å². The number of nitrogens with zero attached hydrogens (tertiary/aromatic N) is 4. The van der Waals surface area contributed by atoms with Gasteiger partial charge in [0, 0.05) is 44.0 Å². The molecule has 12 heteroatoms. The second-order valence-corrected chi connectivity index (χ2v) is 7.54. The lowest BCUT2D eigenvalue weighted by Crippen LogP contribution is -2.33. The van der Waals surface area contributed by atoms with E-state index in [1.165, 1.54) is 5.56 Å². The zero-order valence-electron chi connectivity index (χ0n) is 17.1. The summed E-state index contributed by atoms with van der Waals surface area (Å²) in [5.41, 5.74) is 2.05. The molecule has 2 aliphatic rings. The number of hydrogen-bond acceptors (Lipinski definition) is 8. The van der Waals surface area contributed by atoms with E-state index >= 15 is 0 Å². The molecule has 1 N–H and O–H groups in total. The predicted molar refractivity (Wildman–Crippen MR) is 99.3 cm³/mol. The molecule has 4 heterocycles. The summed E-state index contributed by atoms with van der Waals surface area (Å²) in [6.45, 7) is 7.34. The molecule has 2 unspecified atom stereocenters. The van der Waals surface area contributed by atoms with Crippen molar-refractivity contribution in [2.24, 2.45) is 0 Å². The van der Waals surface area contributed by atoms with Gasteiger partial charge in [0.15, 0.2) is 0 Å². The number of rotatable bonds is 4. The molecular weight excluding hydrogens is 421 g/mol. The average molecular weight is 444 g/mol. The predicted octanol–water partition coefficient (Wildman–Crippen LogP) is 2.53. The first-order chi connectivity index (χ1) is 14.6. The number of carbonyl (C=O) groups is 1. The molecule has 4 rings (SSSR count). The largest absolute Gasteiger partial charge is 0.490 e. The van der Waals surface area contributed by atoms with E-state index in [0.717, 1.165) is 43.9 Å². The molecule has 2 atom stereocenters. The topological polar surface area (TPSA) is 111 Å². The number of carboxylic acids is 1. The van der Waals surface area contributed by atoms with Crippen LogP contribution in [0, 0.1) is 13.8 Å². The van der Waals surface area contributed by atoms with Gasteiger partial charge in [0.2, 0.25) is 0 Å². The van der Waals surface area contributed by atoms with Gasteiger partial charge < -0.3 is 19.1 Å². The van der Waals surface area contributed by atoms with Crippen LogP contribution in [0.25, 0.3) is 0 Å². The first kappa shape index (κ1) is 22.9. The Hall–Kier alpha value is -2.73. The molecule has 2 aliphatic heterocycles. The van der Waals surface area contributed by atoms with Gasteiger partial charge in [0.05, 0.1) is 17.9 Å². The number of aryl methyl sites for hydroxylation is 2. The molecule has 2 aromatic heterocycles. The SMILES string of the molecule is Cc1noc(C)c1CN1CCC2(CC(Oc3ncccn3)CO2)C1.O=C(O)C(F)(F)F. The van der Waals surface area contributed by atoms with Crippen molar-refractivity contribution in [3.63, 3.8) is 0 Å². The number of aromatic nitrogens is 3. The number of ether oxygens (including phenoxy) is 2. The summed E-state index contributed by atoms with van der Waals surface area (Å²) in [5, 5.41) is 11.2. The third kappa shape index (κ3) is 5.91. The first-order valence-corrected chi connectivity index (χ1v) is 9.60. The Balaban J connectivity index is 0.000000339. The van der Waals surface area contributed by atoms with Crippen LogP contribution in [-0.4, -0.2) is 68.7 Å². The molecule has 2 fully saturated rings. The van der Waals surface area contributed by atoms with Crippen molar-refractivity contribution in [1.82, 2.24) is 20.0 Å². The van der Waals surface area contributed by atoms with E-state index in [2.05, 4.69) is 20.0 Å². The van der Waals surface area contributed by atoms with Crippen molar-refractivity contribution in [1.29, 1.82) is 0 Å². The van der Waals surface area contributed by atoms with Crippen molar-refractivity contribution in [3.05, 3.63) is 35.5 Å². The third-order valence-corrected chi connectivity index (χ3v) is 5.19. The smallest absolute Gasteiger partial charge is 0.475 e. The molecule has 0 saturated carbocycles. The molecule has 0 bridgehead atoms. The number of carboxylic acid groups (broad SMARTS) is 1. The summed E-state index contributed by atoms with van der Waals surface area (Å²) in [5.74, 6) is -1.85. The van der Waals surface area contributed by atoms with E-state index in [1.807, 2.05) is 13.8 Å². The molecule has 9 nitrogen and oxygen atoms in total. The van der Waals surface area contributed by atoms with Crippen LogP contribution >= 0.6 is 0 Å². The summed E-state index contributed by atoms with van der Waals surface area (Å²) < 4.78 is 49.0. The van der Waals surface area contributed by atoms with Crippen molar-refractivity contribution in [3.8, 4) is 6.01 Å². The summed E-state index contributed by atoms with van der Waals surface area (Å²) in [6.07, 6.45) is 0.213. The van der Waals surface area contributed by atoms with Crippen LogP contribution in [0.1, 0.15) is 29.9 Å². The van der Waals surface area contributed by atoms with E-state index in [4.69, 9.17) is 23.9 Å². The zero-order valence-corrected chi connectivity index (χ0v) is 17.1. The number of likely N-dealkylation sites (tertiary alicyclic amines) is 1. The Kier molecular flexibility index (Phi) is 6.80. The van der Waals surface area contributed by atoms with E-state index in [9.17, 15) is 13.2 Å². The van der Waals surface area contributed by atoms with E-state index in [-0.39, 0.29) is 11.7 Å². The minimum absolute atomic E-state index is 0.0198. The maximum absolute atomic E-state index is 10.6. The van der Waals surface area contributed by atoms with Crippen molar-refractivity contribution in [2.45, 2.75) is 51.1 Å². The molecule has 170 valence electrons. The van der Waals surface area contributed by atoms with Crippen molar-refractivity contribution < 1.29 is 37.1 Å². The molecule has 0 amide bonds. The summed E-state index contributed by atoms with van der Waals surface area (Å²) in [6, 6.07) is 2.21. The van der Waals surface area contributed by atoms with Gasteiger partial charge in [-0.3, -0.25) is 4.90 Å². The maximum atomic E-state index is 10.6. The number of alkyl halides is 3. The zero-order chi connectivity index (χ0) is 22.6. The minimum Gasteiger partial charge on any atom is -0.475 e. The highest BCUT2D eigenvalue weighted by atomic mass is 19.4. The maximum Gasteiger partial charge on any atom is 0.490 e. The molecule has 2 saturated heterocycles. The molecule has 1 spiro atoms. The molecule has 0 aromatic carbocycles. The first-order valence-electron chi connectivity index (χ1n) is 9.60. The normalized spacial score (nSPS) is 23.6. The number of hydrogen-bond donors (Lipinski definition) is 1. The lowest BCUT2D eigenvalue weighted by Gasteiger charge is -2.23. The van der Waals surface area contributed by atoms with Gasteiger partial charge in [-0.2, -0.15) is 13.2 Å². The van der Waals surface area contributed by atoms with Gasteiger partial charge in [-0.25, -0.2) is 14.8 Å². The van der Waals surface area contributed by atoms with Gasteiger partial charge in [-0.05, 0) is 26.3 Å². The Morgan fingerprint density at radius 2 is 2.03 bits per heavy atom. The monoisotopic (exact) mass is 444 g/mol. The van der Waals surface area contributed by atoms with Gasteiger partial charge in [0.25, 0.3) is 0 Å². The fourth-order valence-corrected chi connectivity index (χ4v) is 3.67. The van der Waals surface area contributed by atoms with Gasteiger partial charge in [-0.1, -0.05) is 5.16 Å². The Morgan fingerprint density at radius 1 is 1.35 bits per heavy atom. The van der Waals surface area contributed by atoms with Gasteiger partial charge in [0.1, 0.15) is 11.9 Å². The Bertz CT molecular complexity index is 873. The highest BCUT2D eigenvalue weighted by Crippen LogP contribution is 2.37. The summed E-state index contributed by atoms with van der Waals surface area (Å²) in [4.78, 5) is 19.6. The van der Waals surface area contributed by atoms with Crippen LogP contribution in [-0.2, 0) is 16.1 Å². The number of aliphatic carboxylic acids is 1. The van der Waals surface area contributed by atoms with Crippen LogP contribution in [0.5, 0.6) is 6.01 Å². The van der Waals surface area contributed by atoms with Crippen LogP contribution in [0.15, 0.2) is 23.0 Å². The molecule has 0 radical (unpaired) electrons. The minimum atomic E-state index is -5.08. The second-order valence-electron chi connectivity index (χ2n) is 7.54. The van der Waals surface area contributed by atoms with Gasteiger partial charge >= 0.3 is 18.2 Å².